The van der Waals surface area contributed by atoms with Crippen molar-refractivity contribution < 1.29 is 117 Å². The molecule has 284 valence electrons. The number of nitrogens with zero attached hydrogens (tertiary/aromatic N) is 2. The van der Waals surface area contributed by atoms with E-state index in [0.717, 1.165) is 16.5 Å². The molecule has 1 aromatic carbocycles. The first-order chi connectivity index (χ1) is 24.3. The van der Waals surface area contributed by atoms with E-state index in [0.29, 0.717) is 35.8 Å². The van der Waals surface area contributed by atoms with Crippen molar-refractivity contribution in [1.82, 2.24) is 4.58 Å². The van der Waals surface area contributed by atoms with Gasteiger partial charge in [-0.15, -0.1) is 0 Å². The van der Waals surface area contributed by atoms with E-state index in [4.69, 9.17) is 18.8 Å². The Morgan fingerprint density at radius 1 is 1.00 bits per heavy atom. The third-order valence-corrected chi connectivity index (χ3v) is 11.2. The zero-order valence-electron chi connectivity index (χ0n) is 30.6. The maximum atomic E-state index is 12.0. The number of allylic oxidation sites excluding steroid dienone is 3. The molecule has 4 rings (SSSR count). The molecule has 20 heteroatoms. The quantitative estimate of drug-likeness (QED) is 0.0559. The van der Waals surface area contributed by atoms with Gasteiger partial charge in [0.1, 0.15) is 29.0 Å². The normalized spacial score (nSPS) is 17.4. The summed E-state index contributed by atoms with van der Waals surface area (Å²) in [6.45, 7) is 4.88. The van der Waals surface area contributed by atoms with Crippen LogP contribution in [0.1, 0.15) is 50.7 Å². The van der Waals surface area contributed by atoms with Crippen molar-refractivity contribution in [2.45, 2.75) is 49.8 Å². The molecule has 0 saturated heterocycles. The van der Waals surface area contributed by atoms with Crippen LogP contribution < -0.4 is 73.9 Å². The minimum absolute atomic E-state index is 0. The number of carboxylic acids is 1. The summed E-state index contributed by atoms with van der Waals surface area (Å²) in [5, 5.41) is 9.77. The van der Waals surface area contributed by atoms with Crippen LogP contribution in [0.4, 0.5) is 5.69 Å². The fraction of sp³-hybridized carbons (Fsp3) is 0.412. The third kappa shape index (κ3) is 13.3. The average Bonchev–Trinajstić information content (AvgIpc) is 3.27. The largest absolute Gasteiger partial charge is 1.00 e. The van der Waals surface area contributed by atoms with Crippen LogP contribution in [-0.2, 0) is 45.3 Å². The van der Waals surface area contributed by atoms with E-state index in [1.165, 1.54) is 24.5 Å². The molecule has 1 aromatic rings. The number of benzene rings is 2. The van der Waals surface area contributed by atoms with Gasteiger partial charge in [-0.1, -0.05) is 12.2 Å². The maximum Gasteiger partial charge on any atom is 1.00 e. The Hall–Kier alpha value is -1.91. The van der Waals surface area contributed by atoms with Gasteiger partial charge in [0, 0.05) is 47.1 Å². The fourth-order valence-corrected chi connectivity index (χ4v) is 7.81. The molecule has 2 N–H and O–H groups in total. The molecular weight excluding hydrogens is 787 g/mol. The summed E-state index contributed by atoms with van der Waals surface area (Å²) in [4.78, 5) is 12.3. The molecule has 3 aliphatic rings. The Kier molecular flexibility index (Phi) is 18.3. The minimum Gasteiger partial charge on any atom is -0.748 e. The van der Waals surface area contributed by atoms with Gasteiger partial charge < -0.3 is 28.3 Å². The van der Waals surface area contributed by atoms with Gasteiger partial charge in [0.2, 0.25) is 5.36 Å². The van der Waals surface area contributed by atoms with Crippen LogP contribution in [0.5, 0.6) is 0 Å². The van der Waals surface area contributed by atoms with Gasteiger partial charge >= 0.3 is 65.1 Å². The van der Waals surface area contributed by atoms with Gasteiger partial charge in [-0.2, -0.15) is 8.42 Å². The molecule has 0 radical (unpaired) electrons. The Bertz CT molecular complexity index is 2220. The van der Waals surface area contributed by atoms with Crippen LogP contribution >= 0.6 is 0 Å². The molecule has 1 unspecified atom stereocenters. The van der Waals surface area contributed by atoms with Crippen molar-refractivity contribution in [2.24, 2.45) is 0 Å². The van der Waals surface area contributed by atoms with E-state index in [9.17, 15) is 39.2 Å². The number of rotatable bonds is 18. The molecule has 2 heterocycles. The monoisotopic (exact) mass is 827 g/mol. The molecule has 54 heavy (non-hydrogen) atoms. The summed E-state index contributed by atoms with van der Waals surface area (Å²) in [5.41, 5.74) is 2.02. The van der Waals surface area contributed by atoms with Gasteiger partial charge in [0.25, 0.3) is 10.1 Å². The summed E-state index contributed by atoms with van der Waals surface area (Å²) in [5.74, 6) is -1.50. The summed E-state index contributed by atoms with van der Waals surface area (Å²) in [6.07, 6.45) is 6.92. The molecule has 0 amide bonds. The number of carbonyl (C=O) groups is 1. The Balaban J connectivity index is 0.00000504. The molecule has 0 saturated carbocycles. The molecule has 0 fully saturated rings. The summed E-state index contributed by atoms with van der Waals surface area (Å²) < 4.78 is 115. The number of fused-ring (bicyclic) bond motifs is 2. The van der Waals surface area contributed by atoms with Crippen molar-refractivity contribution in [3.63, 3.8) is 0 Å². The molecular formula is C34H41N2Na2O13S3+. The zero-order chi connectivity index (χ0) is 38.3. The van der Waals surface area contributed by atoms with E-state index < -0.39 is 52.4 Å². The van der Waals surface area contributed by atoms with Crippen LogP contribution in [0.2, 0.25) is 0 Å². The molecule has 1 aliphatic carbocycles. The molecule has 1 atom stereocenters. The van der Waals surface area contributed by atoms with Crippen LogP contribution in [0.15, 0.2) is 75.9 Å². The van der Waals surface area contributed by atoms with Crippen LogP contribution in [-0.4, -0.2) is 94.3 Å². The summed E-state index contributed by atoms with van der Waals surface area (Å²) in [7, 11) is -13.5. The van der Waals surface area contributed by atoms with E-state index in [-0.39, 0.29) is 110 Å². The van der Waals surface area contributed by atoms with Crippen molar-refractivity contribution in [2.75, 3.05) is 49.3 Å². The second-order valence-electron chi connectivity index (χ2n) is 12.4. The van der Waals surface area contributed by atoms with Crippen LogP contribution in [0.25, 0.3) is 17.4 Å². The van der Waals surface area contributed by atoms with E-state index in [1.54, 1.807) is 25.1 Å². The Morgan fingerprint density at radius 2 is 1.72 bits per heavy atom. The van der Waals surface area contributed by atoms with Crippen molar-refractivity contribution in [3.8, 4) is 11.3 Å². The van der Waals surface area contributed by atoms with Gasteiger partial charge in [0.05, 0.1) is 52.7 Å². The van der Waals surface area contributed by atoms with Gasteiger partial charge in [-0.3, -0.25) is 9.35 Å². The van der Waals surface area contributed by atoms with E-state index in [1.807, 2.05) is 40.7 Å². The van der Waals surface area contributed by atoms with E-state index >= 15 is 0 Å². The van der Waals surface area contributed by atoms with Crippen molar-refractivity contribution in [1.29, 1.82) is 0 Å². The maximum absolute atomic E-state index is 12.0. The fourth-order valence-electron chi connectivity index (χ4n) is 6.32. The Labute approximate surface area is 360 Å². The zero-order valence-corrected chi connectivity index (χ0v) is 37.1. The number of anilines is 1. The van der Waals surface area contributed by atoms with Crippen molar-refractivity contribution >= 4 is 48.1 Å². The number of hydrogen-bond acceptors (Lipinski definition) is 12. The van der Waals surface area contributed by atoms with Crippen molar-refractivity contribution in [3.05, 3.63) is 83.1 Å². The molecule has 0 aromatic heterocycles. The molecule has 2 aliphatic heterocycles. The SMILES string of the molecule is CC[N+](CCCS(=O)(=O)O)=c1ccc2c(/C=C/C=C3/N(CCOCCC(=O)O)c4ccc(S(=O)(=O)[O-])cc4C3(C)CCCS(=O)(=O)[O-])ccoc-2c1.[Na+].[Na+]. The number of aliphatic carboxylic acids is 1. The van der Waals surface area contributed by atoms with Gasteiger partial charge in [-0.25, -0.2) is 21.4 Å². The molecule has 0 spiro atoms. The second kappa shape index (κ2) is 20.5. The van der Waals surface area contributed by atoms with Gasteiger partial charge in [0.15, 0.2) is 0 Å². The molecule has 0 bridgehead atoms. The second-order valence-corrected chi connectivity index (χ2v) is 16.9. The number of ether oxygens (including phenoxy) is 1. The predicted molar refractivity (Wildman–Crippen MR) is 190 cm³/mol. The van der Waals surface area contributed by atoms with E-state index in [2.05, 4.69) is 0 Å². The Morgan fingerprint density at radius 3 is 2.35 bits per heavy atom. The third-order valence-electron chi connectivity index (χ3n) is 8.81. The number of carboxylic acid groups (broad SMARTS) is 1. The first kappa shape index (κ1) is 48.2. The predicted octanol–water partition coefficient (Wildman–Crippen LogP) is -3.14. The molecule has 15 nitrogen and oxygen atoms in total. The van der Waals surface area contributed by atoms with Gasteiger partial charge in [-0.05, 0) is 74.2 Å². The standard InChI is InChI=1S/C34H42N2O13S3.2Na/c1-3-35(16-6-22-51(42,43)44)26-9-11-28-25(13-19-49-31(28)23-26)7-4-8-32-34(2,15-5-21-50(39,40)41)29-24-27(52(45,46)47)10-12-30(29)36(32)17-20-48-18-14-33(37)38;;/h4,7-13,19,23-24H,3,5-6,14-18,20-22H2,1-2H3,(H3-,37,38,39,40,41,42,43,44,45,46,47);;/q;2*+1/p-1. The summed E-state index contributed by atoms with van der Waals surface area (Å²) >= 11 is 0. The first-order valence-corrected chi connectivity index (χ1v) is 21.0. The summed E-state index contributed by atoms with van der Waals surface area (Å²) in [6, 6.07) is 11.2. The van der Waals surface area contributed by atoms with Crippen LogP contribution in [0.3, 0.4) is 0 Å². The topological polar surface area (TPSA) is 235 Å². The first-order valence-electron chi connectivity index (χ1n) is 16.4. The average molecular weight is 828 g/mol. The van der Waals surface area contributed by atoms with Crippen LogP contribution in [0, 0.1) is 0 Å². The minimum atomic E-state index is -4.85. The smallest absolute Gasteiger partial charge is 0.748 e. The number of hydrogen-bond donors (Lipinski definition) is 2.